The molecule has 1 aromatic heterocycles. The van der Waals surface area contributed by atoms with Gasteiger partial charge in [0.2, 0.25) is 0 Å². The van der Waals surface area contributed by atoms with Crippen molar-refractivity contribution in [1.82, 2.24) is 9.88 Å². The highest BCUT2D eigenvalue weighted by Crippen LogP contribution is 2.22. The maximum Gasteiger partial charge on any atom is 0.261 e. The molecule has 2 aromatic rings. The van der Waals surface area contributed by atoms with E-state index in [4.69, 9.17) is 4.74 Å². The fraction of sp³-hybridized carbons (Fsp3) is 0.300. The van der Waals surface area contributed by atoms with Crippen LogP contribution < -0.4 is 5.32 Å². The standard InChI is InChI=1S/C20H23N3O2/c1-15-12-17(16(2)23(15)19-8-5-4-6-9-19)13-18(14-21)20(24)22-10-7-11-25-3/h4-6,8-9,12-13H,7,10-11H2,1-3H3,(H,22,24)/b18-13+. The predicted octanol–water partition coefficient (Wildman–Crippen LogP) is 3.15. The van der Waals surface area contributed by atoms with Gasteiger partial charge in [0.25, 0.3) is 5.91 Å². The molecule has 0 fully saturated rings. The zero-order valence-electron chi connectivity index (χ0n) is 14.9. The van der Waals surface area contributed by atoms with Crippen molar-refractivity contribution in [2.24, 2.45) is 0 Å². The third kappa shape index (κ3) is 4.59. The molecule has 1 heterocycles. The smallest absolute Gasteiger partial charge is 0.261 e. The Morgan fingerprint density at radius 3 is 2.68 bits per heavy atom. The number of para-hydroxylation sites is 1. The summed E-state index contributed by atoms with van der Waals surface area (Å²) in [7, 11) is 1.62. The number of methoxy groups -OCH3 is 1. The van der Waals surface area contributed by atoms with Gasteiger partial charge in [-0.2, -0.15) is 5.26 Å². The maximum atomic E-state index is 12.2. The van der Waals surface area contributed by atoms with Gasteiger partial charge in [-0.25, -0.2) is 0 Å². The Hall–Kier alpha value is -2.84. The van der Waals surface area contributed by atoms with E-state index in [9.17, 15) is 10.1 Å². The van der Waals surface area contributed by atoms with Crippen LogP contribution in [0.4, 0.5) is 0 Å². The number of amides is 1. The molecule has 0 saturated carbocycles. The molecule has 1 N–H and O–H groups in total. The summed E-state index contributed by atoms with van der Waals surface area (Å²) in [6.45, 7) is 5.05. The quantitative estimate of drug-likeness (QED) is 0.479. The van der Waals surface area contributed by atoms with Crippen LogP contribution in [-0.4, -0.2) is 30.7 Å². The van der Waals surface area contributed by atoms with E-state index in [2.05, 4.69) is 9.88 Å². The van der Waals surface area contributed by atoms with Crippen LogP contribution in [0.1, 0.15) is 23.4 Å². The minimum atomic E-state index is -0.358. The van der Waals surface area contributed by atoms with E-state index in [1.807, 2.05) is 56.3 Å². The first-order chi connectivity index (χ1) is 12.1. The number of aromatic nitrogens is 1. The fourth-order valence-electron chi connectivity index (χ4n) is 2.73. The van der Waals surface area contributed by atoms with Crippen molar-refractivity contribution in [3.05, 3.63) is 58.9 Å². The average Bonchev–Trinajstić information content (AvgIpc) is 2.90. The maximum absolute atomic E-state index is 12.2. The number of aryl methyl sites for hydroxylation is 1. The molecule has 0 spiro atoms. The number of benzene rings is 1. The fourth-order valence-corrected chi connectivity index (χ4v) is 2.73. The number of hydrogen-bond donors (Lipinski definition) is 1. The van der Waals surface area contributed by atoms with E-state index in [1.165, 1.54) is 0 Å². The molecular formula is C20H23N3O2. The first kappa shape index (κ1) is 18.5. The second-order valence-corrected chi connectivity index (χ2v) is 5.77. The molecule has 5 heteroatoms. The summed E-state index contributed by atoms with van der Waals surface area (Å²) in [5.74, 6) is -0.358. The molecule has 25 heavy (non-hydrogen) atoms. The number of hydrogen-bond acceptors (Lipinski definition) is 3. The molecule has 0 unspecified atom stereocenters. The lowest BCUT2D eigenvalue weighted by molar-refractivity contribution is -0.117. The normalized spacial score (nSPS) is 11.2. The molecule has 0 atom stereocenters. The van der Waals surface area contributed by atoms with Crippen LogP contribution in [0.2, 0.25) is 0 Å². The third-order valence-electron chi connectivity index (χ3n) is 3.96. The highest BCUT2D eigenvalue weighted by Gasteiger charge is 2.13. The van der Waals surface area contributed by atoms with E-state index in [1.54, 1.807) is 13.2 Å². The third-order valence-corrected chi connectivity index (χ3v) is 3.96. The molecule has 1 aromatic carbocycles. The van der Waals surface area contributed by atoms with Crippen molar-refractivity contribution in [2.75, 3.05) is 20.3 Å². The zero-order chi connectivity index (χ0) is 18.2. The van der Waals surface area contributed by atoms with Gasteiger partial charge in [0.1, 0.15) is 11.6 Å². The minimum absolute atomic E-state index is 0.103. The summed E-state index contributed by atoms with van der Waals surface area (Å²) in [4.78, 5) is 12.2. The van der Waals surface area contributed by atoms with Gasteiger partial charge in [-0.3, -0.25) is 4.79 Å². The Morgan fingerprint density at radius 1 is 1.32 bits per heavy atom. The van der Waals surface area contributed by atoms with Crippen molar-refractivity contribution in [3.63, 3.8) is 0 Å². The molecule has 5 nitrogen and oxygen atoms in total. The van der Waals surface area contributed by atoms with Gasteiger partial charge in [0.05, 0.1) is 0 Å². The molecular weight excluding hydrogens is 314 g/mol. The number of nitriles is 1. The van der Waals surface area contributed by atoms with Crippen LogP contribution in [0.3, 0.4) is 0 Å². The highest BCUT2D eigenvalue weighted by atomic mass is 16.5. The topological polar surface area (TPSA) is 67.0 Å². The van der Waals surface area contributed by atoms with Crippen LogP contribution >= 0.6 is 0 Å². The number of ether oxygens (including phenoxy) is 1. The van der Waals surface area contributed by atoms with Gasteiger partial charge < -0.3 is 14.6 Å². The second kappa shape index (κ2) is 8.86. The molecule has 0 saturated heterocycles. The minimum Gasteiger partial charge on any atom is -0.385 e. The average molecular weight is 337 g/mol. The number of nitrogens with one attached hydrogen (secondary N) is 1. The highest BCUT2D eigenvalue weighted by molar-refractivity contribution is 6.01. The monoisotopic (exact) mass is 337 g/mol. The Balaban J connectivity index is 2.24. The van der Waals surface area contributed by atoms with Gasteiger partial charge >= 0.3 is 0 Å². The van der Waals surface area contributed by atoms with Crippen LogP contribution in [0.25, 0.3) is 11.8 Å². The van der Waals surface area contributed by atoms with Gasteiger partial charge in [0, 0.05) is 37.3 Å². The Labute approximate surface area is 148 Å². The lowest BCUT2D eigenvalue weighted by atomic mass is 10.1. The van der Waals surface area contributed by atoms with E-state index in [0.717, 1.165) is 22.6 Å². The van der Waals surface area contributed by atoms with Crippen molar-refractivity contribution in [2.45, 2.75) is 20.3 Å². The Morgan fingerprint density at radius 2 is 2.04 bits per heavy atom. The molecule has 1 amide bonds. The van der Waals surface area contributed by atoms with E-state index in [0.29, 0.717) is 19.6 Å². The molecule has 0 aliphatic heterocycles. The Kier molecular flexibility index (Phi) is 6.55. The van der Waals surface area contributed by atoms with Crippen LogP contribution in [0.5, 0.6) is 0 Å². The summed E-state index contributed by atoms with van der Waals surface area (Å²) in [5.41, 5.74) is 4.06. The van der Waals surface area contributed by atoms with E-state index in [-0.39, 0.29) is 11.5 Å². The van der Waals surface area contributed by atoms with Crippen LogP contribution in [-0.2, 0) is 9.53 Å². The van der Waals surface area contributed by atoms with Gasteiger partial charge in [0.15, 0.2) is 0 Å². The largest absolute Gasteiger partial charge is 0.385 e. The molecule has 0 aliphatic carbocycles. The number of carbonyl (C=O) groups excluding carboxylic acids is 1. The second-order valence-electron chi connectivity index (χ2n) is 5.77. The molecule has 130 valence electrons. The van der Waals surface area contributed by atoms with E-state index < -0.39 is 0 Å². The number of rotatable bonds is 7. The van der Waals surface area contributed by atoms with Crippen molar-refractivity contribution < 1.29 is 9.53 Å². The predicted molar refractivity (Wildman–Crippen MR) is 98.3 cm³/mol. The van der Waals surface area contributed by atoms with Crippen LogP contribution in [0, 0.1) is 25.2 Å². The van der Waals surface area contributed by atoms with Gasteiger partial charge in [-0.05, 0) is 50.1 Å². The summed E-state index contributed by atoms with van der Waals surface area (Å²) >= 11 is 0. The van der Waals surface area contributed by atoms with Crippen molar-refractivity contribution in [1.29, 1.82) is 5.26 Å². The van der Waals surface area contributed by atoms with Gasteiger partial charge in [-0.1, -0.05) is 18.2 Å². The lowest BCUT2D eigenvalue weighted by Gasteiger charge is -2.09. The van der Waals surface area contributed by atoms with Gasteiger partial charge in [-0.15, -0.1) is 0 Å². The first-order valence-corrected chi connectivity index (χ1v) is 8.21. The van der Waals surface area contributed by atoms with Crippen molar-refractivity contribution in [3.8, 4) is 11.8 Å². The summed E-state index contributed by atoms with van der Waals surface area (Å²) in [5, 5.41) is 12.1. The van der Waals surface area contributed by atoms with Crippen LogP contribution in [0.15, 0.2) is 42.0 Å². The number of nitrogens with zero attached hydrogens (tertiary/aromatic N) is 2. The van der Waals surface area contributed by atoms with E-state index >= 15 is 0 Å². The SMILES string of the molecule is COCCCNC(=O)/C(C#N)=C/c1cc(C)n(-c2ccccc2)c1C. The van der Waals surface area contributed by atoms with Crippen molar-refractivity contribution >= 4 is 12.0 Å². The molecule has 0 bridgehead atoms. The molecule has 0 aliphatic rings. The molecule has 0 radical (unpaired) electrons. The summed E-state index contributed by atoms with van der Waals surface area (Å²) < 4.78 is 7.05. The molecule has 2 rings (SSSR count). The first-order valence-electron chi connectivity index (χ1n) is 8.21. The summed E-state index contributed by atoms with van der Waals surface area (Å²) in [6.07, 6.45) is 2.36. The Bertz CT molecular complexity index is 798. The lowest BCUT2D eigenvalue weighted by Crippen LogP contribution is -2.26. The number of carbonyl (C=O) groups is 1. The summed E-state index contributed by atoms with van der Waals surface area (Å²) in [6, 6.07) is 14.0. The zero-order valence-corrected chi connectivity index (χ0v) is 14.9.